The van der Waals surface area contributed by atoms with Gasteiger partial charge < -0.3 is 13.7 Å². The minimum atomic E-state index is 0.640. The molecule has 0 saturated heterocycles. The summed E-state index contributed by atoms with van der Waals surface area (Å²) in [7, 11) is 0. The smallest absolute Gasteiger partial charge is 0.143 e. The summed E-state index contributed by atoms with van der Waals surface area (Å²) in [5, 5.41) is 9.33. The van der Waals surface area contributed by atoms with E-state index in [0.717, 1.165) is 66.4 Å². The van der Waals surface area contributed by atoms with Gasteiger partial charge in [-0.3, -0.25) is 0 Å². The Labute approximate surface area is 344 Å². The van der Waals surface area contributed by atoms with Crippen LogP contribution in [0, 0.1) is 0 Å². The Bertz CT molecular complexity index is 3330. The van der Waals surface area contributed by atoms with Crippen molar-refractivity contribution in [3.05, 3.63) is 211 Å². The van der Waals surface area contributed by atoms with Crippen LogP contribution in [0.2, 0.25) is 0 Å². The van der Waals surface area contributed by atoms with Crippen molar-refractivity contribution in [2.75, 3.05) is 11.4 Å². The second kappa shape index (κ2) is 15.2. The van der Waals surface area contributed by atoms with Crippen molar-refractivity contribution < 1.29 is 8.83 Å². The number of hydrogen-bond donors (Lipinski definition) is 0. The van der Waals surface area contributed by atoms with E-state index < -0.39 is 0 Å². The number of allylic oxidation sites excluding steroid dienone is 7. The van der Waals surface area contributed by atoms with Crippen LogP contribution in [-0.4, -0.2) is 6.54 Å². The maximum atomic E-state index is 6.76. The highest BCUT2D eigenvalue weighted by molar-refractivity contribution is 6.13. The number of para-hydroxylation sites is 2. The van der Waals surface area contributed by atoms with Crippen molar-refractivity contribution in [2.45, 2.75) is 20.8 Å². The minimum absolute atomic E-state index is 0.640. The van der Waals surface area contributed by atoms with Crippen LogP contribution >= 0.6 is 0 Å². The summed E-state index contributed by atoms with van der Waals surface area (Å²) in [6.07, 6.45) is 11.0. The third-order valence-electron chi connectivity index (χ3n) is 11.7. The van der Waals surface area contributed by atoms with Crippen LogP contribution in [0.3, 0.4) is 0 Å². The van der Waals surface area contributed by atoms with Gasteiger partial charge in [0.05, 0.1) is 0 Å². The molecule has 0 N–H and O–H groups in total. The van der Waals surface area contributed by atoms with E-state index in [-0.39, 0.29) is 0 Å². The lowest BCUT2D eigenvalue weighted by molar-refractivity contribution is 0.668. The van der Waals surface area contributed by atoms with E-state index in [4.69, 9.17) is 8.83 Å². The number of nitrogens with zero attached hydrogens (tertiary/aromatic N) is 1. The molecule has 3 heteroatoms. The molecule has 8 aromatic carbocycles. The van der Waals surface area contributed by atoms with Gasteiger partial charge in [0.25, 0.3) is 0 Å². The van der Waals surface area contributed by atoms with Gasteiger partial charge in [-0.25, -0.2) is 0 Å². The van der Waals surface area contributed by atoms with Crippen molar-refractivity contribution >= 4 is 82.3 Å². The van der Waals surface area contributed by atoms with Crippen LogP contribution in [0.5, 0.6) is 0 Å². The van der Waals surface area contributed by atoms with E-state index in [0.29, 0.717) is 6.54 Å². The van der Waals surface area contributed by atoms with Gasteiger partial charge in [-0.15, -0.1) is 0 Å². The predicted octanol–water partition coefficient (Wildman–Crippen LogP) is 15.9. The largest absolute Gasteiger partial charge is 0.456 e. The number of anilines is 1. The quantitative estimate of drug-likeness (QED) is 0.137. The Morgan fingerprint density at radius 3 is 2.03 bits per heavy atom. The highest BCUT2D eigenvalue weighted by Crippen LogP contribution is 2.39. The third kappa shape index (κ3) is 6.51. The average molecular weight is 762 g/mol. The first-order valence-electron chi connectivity index (χ1n) is 20.4. The first-order valence-corrected chi connectivity index (χ1v) is 20.4. The van der Waals surface area contributed by atoms with Gasteiger partial charge in [-0.05, 0) is 101 Å². The highest BCUT2D eigenvalue weighted by Gasteiger charge is 2.19. The fraction of sp³-hybridized carbons (Fsp3) is 0.0714. The second-order valence-corrected chi connectivity index (χ2v) is 15.1. The molecule has 0 bridgehead atoms. The van der Waals surface area contributed by atoms with E-state index >= 15 is 0 Å². The number of rotatable bonds is 9. The van der Waals surface area contributed by atoms with Crippen molar-refractivity contribution in [3.63, 3.8) is 0 Å². The zero-order valence-corrected chi connectivity index (χ0v) is 33.4. The molecule has 284 valence electrons. The lowest BCUT2D eigenvalue weighted by atomic mass is 9.96. The van der Waals surface area contributed by atoms with Crippen molar-refractivity contribution in [3.8, 4) is 11.1 Å². The molecule has 0 fully saturated rings. The molecular weight excluding hydrogens is 719 g/mol. The van der Waals surface area contributed by atoms with E-state index in [1.165, 1.54) is 43.8 Å². The second-order valence-electron chi connectivity index (χ2n) is 15.1. The summed E-state index contributed by atoms with van der Waals surface area (Å²) in [5.41, 5.74) is 12.7. The summed E-state index contributed by atoms with van der Waals surface area (Å²) in [6.45, 7) is 7.05. The van der Waals surface area contributed by atoms with Crippen LogP contribution in [-0.2, 0) is 0 Å². The summed E-state index contributed by atoms with van der Waals surface area (Å²) < 4.78 is 13.0. The Hall–Kier alpha value is -7.36. The maximum absolute atomic E-state index is 6.76. The van der Waals surface area contributed by atoms with Gasteiger partial charge >= 0.3 is 0 Å². The Balaban J connectivity index is 1.06. The van der Waals surface area contributed by atoms with Crippen LogP contribution in [0.4, 0.5) is 5.69 Å². The third-order valence-corrected chi connectivity index (χ3v) is 11.7. The molecule has 10 rings (SSSR count). The van der Waals surface area contributed by atoms with Gasteiger partial charge in [-0.1, -0.05) is 158 Å². The van der Waals surface area contributed by atoms with Gasteiger partial charge in [0.1, 0.15) is 22.3 Å². The Morgan fingerprint density at radius 2 is 1.22 bits per heavy atom. The predicted molar refractivity (Wildman–Crippen MR) is 252 cm³/mol. The van der Waals surface area contributed by atoms with Gasteiger partial charge in [0, 0.05) is 50.6 Å². The lowest BCUT2D eigenvalue weighted by Gasteiger charge is -2.27. The first-order chi connectivity index (χ1) is 29.1. The molecule has 0 aliphatic carbocycles. The van der Waals surface area contributed by atoms with E-state index in [9.17, 15) is 0 Å². The lowest BCUT2D eigenvalue weighted by Crippen LogP contribution is -2.22. The molecule has 0 unspecified atom stereocenters. The molecule has 0 aliphatic rings. The Kier molecular flexibility index (Phi) is 9.27. The number of hydrogen-bond acceptors (Lipinski definition) is 3. The molecule has 10 aromatic rings. The van der Waals surface area contributed by atoms with Gasteiger partial charge in [-0.2, -0.15) is 0 Å². The Morgan fingerprint density at radius 1 is 0.542 bits per heavy atom. The summed E-state index contributed by atoms with van der Waals surface area (Å²) in [6, 6.07) is 58.3. The SMILES string of the molecule is C/C=C\C(=C(/C)N(C/C=C\C(=C/C)c1ccc(-c2cccc3ccccc23)cc1)c1ccc2oc3ccccc3c2c1)c1cccc2c1oc1cc3ccccc3cc12. The van der Waals surface area contributed by atoms with Crippen LogP contribution < -0.4 is 4.90 Å². The number of fused-ring (bicyclic) bond motifs is 8. The fourth-order valence-corrected chi connectivity index (χ4v) is 8.69. The molecule has 0 atom stereocenters. The van der Waals surface area contributed by atoms with Gasteiger partial charge in [0.2, 0.25) is 0 Å². The van der Waals surface area contributed by atoms with Crippen LogP contribution in [0.15, 0.2) is 209 Å². The van der Waals surface area contributed by atoms with E-state index in [1.54, 1.807) is 0 Å². The molecule has 2 heterocycles. The highest BCUT2D eigenvalue weighted by atomic mass is 16.3. The minimum Gasteiger partial charge on any atom is -0.456 e. The molecule has 2 aromatic heterocycles. The van der Waals surface area contributed by atoms with Crippen LogP contribution in [0.25, 0.3) is 87.7 Å². The summed E-state index contributed by atoms with van der Waals surface area (Å²) >= 11 is 0. The maximum Gasteiger partial charge on any atom is 0.143 e. The molecule has 0 radical (unpaired) electrons. The molecule has 0 spiro atoms. The monoisotopic (exact) mass is 761 g/mol. The normalized spacial score (nSPS) is 13.0. The van der Waals surface area contributed by atoms with E-state index in [2.05, 4.69) is 208 Å². The number of furan rings is 2. The standard InChI is InChI=1S/C56H43NO2/c1-4-15-45(49-24-13-25-50-51-34-42-17-6-7-18-43(42)35-55(51)59-56(49)50)37(3)57(44-31-32-54-52(36-44)48-22-10-11-26-53(48)58-54)33-14-20-38(5-2)39-27-29-41(30-28-39)47-23-12-19-40-16-8-9-21-46(40)47/h4-32,34-36H,33H2,1-3H3/b15-4-,20-14-,38-5+,45-37-. The van der Waals surface area contributed by atoms with E-state index in [1.807, 2.05) is 12.1 Å². The topological polar surface area (TPSA) is 29.5 Å². The molecule has 59 heavy (non-hydrogen) atoms. The molecule has 0 saturated carbocycles. The zero-order valence-electron chi connectivity index (χ0n) is 33.4. The van der Waals surface area contributed by atoms with Gasteiger partial charge in [0.15, 0.2) is 0 Å². The van der Waals surface area contributed by atoms with Crippen LogP contribution in [0.1, 0.15) is 31.9 Å². The van der Waals surface area contributed by atoms with Crippen molar-refractivity contribution in [2.24, 2.45) is 0 Å². The average Bonchev–Trinajstić information content (AvgIpc) is 3.85. The molecule has 0 amide bonds. The first kappa shape index (κ1) is 36.0. The molecule has 0 aliphatic heterocycles. The fourth-order valence-electron chi connectivity index (χ4n) is 8.69. The summed E-state index contributed by atoms with van der Waals surface area (Å²) in [5.74, 6) is 0. The van der Waals surface area contributed by atoms with Crippen molar-refractivity contribution in [1.29, 1.82) is 0 Å². The van der Waals surface area contributed by atoms with Crippen molar-refractivity contribution in [1.82, 2.24) is 0 Å². The zero-order chi connectivity index (χ0) is 39.9. The molecular formula is C56H43NO2. The number of benzene rings is 8. The molecule has 3 nitrogen and oxygen atoms in total. The summed E-state index contributed by atoms with van der Waals surface area (Å²) in [4.78, 5) is 2.40.